The fraction of sp³-hybridized carbons (Fsp3) is 0.455. The number of pyridine rings is 1. The minimum Gasteiger partial charge on any atom is -0.356 e. The van der Waals surface area contributed by atoms with E-state index < -0.39 is 46.2 Å². The van der Waals surface area contributed by atoms with Crippen LogP contribution in [0.1, 0.15) is 55.4 Å². The Bertz CT molecular complexity index is 1580. The standard InChI is InChI=1S/C33H34F7N3OS2/c1-20-14-24(34)6-7-25(20)26-18-28(43-10-8-31(9-11-43)45-12-5-13-46-31)41-19-27(26)42(4)29(44)30(2,3)21-15-22(32(35,36)37)17-23(16-21)33(38,39)40/h6-7,14-19H,5,8-13H2,1-4H3. The van der Waals surface area contributed by atoms with Crippen LogP contribution in [-0.4, -0.2) is 46.6 Å². The van der Waals surface area contributed by atoms with Gasteiger partial charge in [0.15, 0.2) is 0 Å². The molecule has 3 aromatic rings. The lowest BCUT2D eigenvalue weighted by Crippen LogP contribution is -2.43. The number of aromatic nitrogens is 1. The summed E-state index contributed by atoms with van der Waals surface area (Å²) >= 11 is 4.03. The summed E-state index contributed by atoms with van der Waals surface area (Å²) in [6, 6.07) is 7.26. The van der Waals surface area contributed by atoms with Crippen molar-refractivity contribution >= 4 is 40.9 Å². The van der Waals surface area contributed by atoms with Gasteiger partial charge >= 0.3 is 12.4 Å². The van der Waals surface area contributed by atoms with Gasteiger partial charge in [-0.15, -0.1) is 23.5 Å². The van der Waals surface area contributed by atoms with Gasteiger partial charge in [-0.25, -0.2) is 9.37 Å². The van der Waals surface area contributed by atoms with E-state index in [4.69, 9.17) is 0 Å². The highest BCUT2D eigenvalue weighted by Crippen LogP contribution is 2.50. The van der Waals surface area contributed by atoms with Crippen LogP contribution >= 0.6 is 23.5 Å². The number of anilines is 2. The molecule has 46 heavy (non-hydrogen) atoms. The molecule has 2 fully saturated rings. The number of rotatable bonds is 5. The largest absolute Gasteiger partial charge is 0.416 e. The predicted molar refractivity (Wildman–Crippen MR) is 171 cm³/mol. The number of aryl methyl sites for hydroxylation is 1. The van der Waals surface area contributed by atoms with E-state index in [2.05, 4.69) is 9.88 Å². The van der Waals surface area contributed by atoms with Crippen molar-refractivity contribution in [2.24, 2.45) is 0 Å². The lowest BCUT2D eigenvalue weighted by Gasteiger charge is -2.43. The van der Waals surface area contributed by atoms with Crippen molar-refractivity contribution in [3.05, 3.63) is 76.7 Å². The summed E-state index contributed by atoms with van der Waals surface area (Å²) in [7, 11) is 1.41. The van der Waals surface area contributed by atoms with Crippen LogP contribution in [0.4, 0.5) is 42.2 Å². The monoisotopic (exact) mass is 685 g/mol. The zero-order valence-corrected chi connectivity index (χ0v) is 27.4. The number of carbonyl (C=O) groups excluding carboxylic acids is 1. The Kier molecular flexibility index (Phi) is 9.42. The molecule has 1 aromatic heterocycles. The molecule has 0 N–H and O–H groups in total. The molecule has 2 saturated heterocycles. The molecule has 4 nitrogen and oxygen atoms in total. The van der Waals surface area contributed by atoms with E-state index in [9.17, 15) is 35.5 Å². The molecule has 0 radical (unpaired) electrons. The summed E-state index contributed by atoms with van der Waals surface area (Å²) in [5.41, 5.74) is -3.22. The van der Waals surface area contributed by atoms with Crippen LogP contribution in [0.5, 0.6) is 0 Å². The van der Waals surface area contributed by atoms with Gasteiger partial charge in [0.05, 0.1) is 32.5 Å². The topological polar surface area (TPSA) is 36.4 Å². The van der Waals surface area contributed by atoms with E-state index in [1.165, 1.54) is 50.5 Å². The number of thioether (sulfide) groups is 2. The second-order valence-corrected chi connectivity index (χ2v) is 15.5. The highest BCUT2D eigenvalue weighted by Gasteiger charge is 2.42. The minimum atomic E-state index is -5.06. The summed E-state index contributed by atoms with van der Waals surface area (Å²) in [4.78, 5) is 22.1. The third-order valence-corrected chi connectivity index (χ3v) is 12.3. The molecule has 0 bridgehead atoms. The summed E-state index contributed by atoms with van der Waals surface area (Å²) in [5.74, 6) is 1.75. The third-order valence-electron chi connectivity index (χ3n) is 8.73. The molecule has 1 spiro atoms. The minimum absolute atomic E-state index is 0.0416. The van der Waals surface area contributed by atoms with E-state index in [1.807, 2.05) is 29.6 Å². The van der Waals surface area contributed by atoms with Crippen molar-refractivity contribution in [3.8, 4) is 11.1 Å². The SMILES string of the molecule is Cc1cc(F)ccc1-c1cc(N2CCC3(CC2)SCCCS3)ncc1N(C)C(=O)C(C)(C)c1cc(C(F)(F)F)cc(C(F)(F)F)c1. The maximum atomic E-state index is 14.1. The van der Waals surface area contributed by atoms with Gasteiger partial charge in [0.2, 0.25) is 5.91 Å². The Balaban J connectivity index is 1.53. The molecule has 1 amide bonds. The van der Waals surface area contributed by atoms with Crippen molar-refractivity contribution < 1.29 is 35.5 Å². The molecule has 0 unspecified atom stereocenters. The zero-order chi connectivity index (χ0) is 33.7. The number of amides is 1. The van der Waals surface area contributed by atoms with E-state index in [0.717, 1.165) is 37.4 Å². The molecule has 0 saturated carbocycles. The quantitative estimate of drug-likeness (QED) is 0.250. The highest BCUT2D eigenvalue weighted by molar-refractivity contribution is 8.18. The van der Waals surface area contributed by atoms with E-state index in [-0.39, 0.29) is 15.8 Å². The maximum Gasteiger partial charge on any atom is 0.416 e. The van der Waals surface area contributed by atoms with Crippen molar-refractivity contribution in [1.82, 2.24) is 4.98 Å². The Hall–Kier alpha value is -2.93. The number of nitrogens with zero attached hydrogens (tertiary/aromatic N) is 3. The Labute approximate surface area is 272 Å². The number of hydrogen-bond acceptors (Lipinski definition) is 5. The summed E-state index contributed by atoms with van der Waals surface area (Å²) in [6.07, 6.45) is -5.49. The van der Waals surface area contributed by atoms with Crippen molar-refractivity contribution in [1.29, 1.82) is 0 Å². The van der Waals surface area contributed by atoms with Crippen LogP contribution in [-0.2, 0) is 22.6 Å². The van der Waals surface area contributed by atoms with Gasteiger partial charge in [0, 0.05) is 25.7 Å². The van der Waals surface area contributed by atoms with Crippen LogP contribution in [0.15, 0.2) is 48.7 Å². The van der Waals surface area contributed by atoms with Gasteiger partial charge in [-0.2, -0.15) is 26.3 Å². The van der Waals surface area contributed by atoms with Crippen LogP contribution in [0, 0.1) is 12.7 Å². The average Bonchev–Trinajstić information content (AvgIpc) is 3.00. The van der Waals surface area contributed by atoms with Crippen molar-refractivity contribution in [2.45, 2.75) is 61.9 Å². The molecular formula is C33H34F7N3OS2. The number of likely N-dealkylation sites (N-methyl/N-ethyl adjacent to an activating group) is 1. The summed E-state index contributed by atoms with van der Waals surface area (Å²) < 4.78 is 96.2. The second-order valence-electron chi connectivity index (χ2n) is 12.3. The Morgan fingerprint density at radius 3 is 1.98 bits per heavy atom. The predicted octanol–water partition coefficient (Wildman–Crippen LogP) is 9.34. The average molecular weight is 686 g/mol. The first-order chi connectivity index (χ1) is 21.4. The second kappa shape index (κ2) is 12.6. The molecule has 3 heterocycles. The molecule has 13 heteroatoms. The first-order valence-corrected chi connectivity index (χ1v) is 16.8. The highest BCUT2D eigenvalue weighted by atomic mass is 32.2. The van der Waals surface area contributed by atoms with Gasteiger partial charge in [-0.05, 0) is 105 Å². The molecule has 2 aromatic carbocycles. The molecule has 248 valence electrons. The fourth-order valence-electron chi connectivity index (χ4n) is 5.97. The van der Waals surface area contributed by atoms with Gasteiger partial charge in [-0.3, -0.25) is 4.79 Å². The summed E-state index contributed by atoms with van der Waals surface area (Å²) in [6.45, 7) is 5.84. The maximum absolute atomic E-state index is 14.1. The number of halogens is 7. The number of benzene rings is 2. The first kappa shape index (κ1) is 34.4. The van der Waals surface area contributed by atoms with Crippen molar-refractivity contribution in [3.63, 3.8) is 0 Å². The normalized spacial score (nSPS) is 17.3. The van der Waals surface area contributed by atoms with Gasteiger partial charge in [0.25, 0.3) is 0 Å². The lowest BCUT2D eigenvalue weighted by molar-refractivity contribution is -0.143. The number of piperidine rings is 1. The van der Waals surface area contributed by atoms with Gasteiger partial charge in [0.1, 0.15) is 11.6 Å². The van der Waals surface area contributed by atoms with E-state index in [0.29, 0.717) is 34.6 Å². The van der Waals surface area contributed by atoms with E-state index >= 15 is 0 Å². The van der Waals surface area contributed by atoms with Crippen LogP contribution in [0.25, 0.3) is 11.1 Å². The molecule has 2 aliphatic rings. The first-order valence-electron chi connectivity index (χ1n) is 14.8. The van der Waals surface area contributed by atoms with Crippen molar-refractivity contribution in [2.75, 3.05) is 41.4 Å². The molecule has 5 rings (SSSR count). The zero-order valence-electron chi connectivity index (χ0n) is 25.8. The fourth-order valence-corrected chi connectivity index (χ4v) is 9.25. The molecule has 0 aliphatic carbocycles. The Morgan fingerprint density at radius 1 is 0.870 bits per heavy atom. The lowest BCUT2D eigenvalue weighted by atomic mass is 9.81. The van der Waals surface area contributed by atoms with Crippen LogP contribution in [0.3, 0.4) is 0 Å². The number of carbonyl (C=O) groups is 1. The molecule has 2 aliphatic heterocycles. The third kappa shape index (κ3) is 7.00. The Morgan fingerprint density at radius 2 is 1.43 bits per heavy atom. The number of alkyl halides is 6. The van der Waals surface area contributed by atoms with Gasteiger partial charge in [-0.1, -0.05) is 6.07 Å². The van der Waals surface area contributed by atoms with Gasteiger partial charge < -0.3 is 9.80 Å². The molecule has 0 atom stereocenters. The van der Waals surface area contributed by atoms with Crippen LogP contribution < -0.4 is 9.80 Å². The van der Waals surface area contributed by atoms with Crippen LogP contribution in [0.2, 0.25) is 0 Å². The van der Waals surface area contributed by atoms with E-state index in [1.54, 1.807) is 13.0 Å². The smallest absolute Gasteiger partial charge is 0.356 e. The molecular weight excluding hydrogens is 652 g/mol. The number of hydrogen-bond donors (Lipinski definition) is 0. The summed E-state index contributed by atoms with van der Waals surface area (Å²) in [5, 5.41) is 0.